The molecule has 0 spiro atoms. The van der Waals surface area contributed by atoms with Crippen LogP contribution in [0, 0.1) is 5.92 Å². The molecule has 1 aliphatic rings. The molecular formula is C8H9BrN2OS. The van der Waals surface area contributed by atoms with Gasteiger partial charge in [-0.1, -0.05) is 0 Å². The number of rotatable bonds is 2. The topological polar surface area (TPSA) is 41.1 Å². The van der Waals surface area contributed by atoms with Gasteiger partial charge in [-0.3, -0.25) is 4.79 Å². The summed E-state index contributed by atoms with van der Waals surface area (Å²) in [5, 5.41) is 8.80. The number of hydrogen-bond acceptors (Lipinski definition) is 3. The van der Waals surface area contributed by atoms with E-state index in [1.807, 2.05) is 11.4 Å². The minimum Gasteiger partial charge on any atom is -0.317 e. The summed E-state index contributed by atoms with van der Waals surface area (Å²) >= 11 is 4.87. The van der Waals surface area contributed by atoms with Gasteiger partial charge in [-0.25, -0.2) is 0 Å². The predicted octanol–water partition coefficient (Wildman–Crippen LogP) is 1.67. The molecule has 2 N–H and O–H groups in total. The molecule has 2 heterocycles. The van der Waals surface area contributed by atoms with Gasteiger partial charge in [0.1, 0.15) is 0 Å². The average Bonchev–Trinajstić information content (AvgIpc) is 2.31. The Hall–Kier alpha value is -0.390. The summed E-state index contributed by atoms with van der Waals surface area (Å²) in [6.45, 7) is 1.61. The Bertz CT molecular complexity index is 322. The van der Waals surface area contributed by atoms with Gasteiger partial charge in [0.25, 0.3) is 0 Å². The van der Waals surface area contributed by atoms with Crippen LogP contribution in [0.15, 0.2) is 15.9 Å². The maximum Gasteiger partial charge on any atom is 0.230 e. The van der Waals surface area contributed by atoms with Gasteiger partial charge in [0.2, 0.25) is 5.91 Å². The van der Waals surface area contributed by atoms with Crippen molar-refractivity contribution in [1.29, 1.82) is 0 Å². The maximum absolute atomic E-state index is 11.4. The van der Waals surface area contributed by atoms with Crippen molar-refractivity contribution in [2.75, 3.05) is 18.4 Å². The molecule has 0 saturated carbocycles. The summed E-state index contributed by atoms with van der Waals surface area (Å²) < 4.78 is 1.01. The smallest absolute Gasteiger partial charge is 0.230 e. The van der Waals surface area contributed by atoms with E-state index in [0.29, 0.717) is 0 Å². The van der Waals surface area contributed by atoms with Crippen molar-refractivity contribution in [2.24, 2.45) is 5.92 Å². The van der Waals surface area contributed by atoms with Crippen molar-refractivity contribution in [3.63, 3.8) is 0 Å². The standard InChI is InChI=1S/C8H9BrN2OS/c9-6-1-7(13-4-6)11-8(12)5-2-10-3-5/h1,4-5,10H,2-3H2,(H,11,12). The van der Waals surface area contributed by atoms with Crippen LogP contribution in [0.4, 0.5) is 5.00 Å². The van der Waals surface area contributed by atoms with Gasteiger partial charge in [0.05, 0.1) is 10.9 Å². The first-order valence-corrected chi connectivity index (χ1v) is 5.68. The van der Waals surface area contributed by atoms with Crippen LogP contribution in [0.5, 0.6) is 0 Å². The second-order valence-electron chi connectivity index (χ2n) is 2.97. The van der Waals surface area contributed by atoms with Crippen molar-refractivity contribution in [2.45, 2.75) is 0 Å². The van der Waals surface area contributed by atoms with Gasteiger partial charge in [-0.2, -0.15) is 0 Å². The molecule has 0 unspecified atom stereocenters. The van der Waals surface area contributed by atoms with Crippen LogP contribution >= 0.6 is 27.3 Å². The van der Waals surface area contributed by atoms with Crippen LogP contribution in [0.25, 0.3) is 0 Å². The van der Waals surface area contributed by atoms with E-state index in [-0.39, 0.29) is 11.8 Å². The van der Waals surface area contributed by atoms with E-state index in [1.54, 1.807) is 0 Å². The van der Waals surface area contributed by atoms with Crippen LogP contribution in [0.2, 0.25) is 0 Å². The number of halogens is 1. The van der Waals surface area contributed by atoms with E-state index >= 15 is 0 Å². The molecule has 0 aliphatic carbocycles. The van der Waals surface area contributed by atoms with Crippen LogP contribution < -0.4 is 10.6 Å². The maximum atomic E-state index is 11.4. The molecule has 5 heteroatoms. The van der Waals surface area contributed by atoms with Crippen molar-refractivity contribution in [1.82, 2.24) is 5.32 Å². The molecule has 1 aromatic heterocycles. The van der Waals surface area contributed by atoms with E-state index < -0.39 is 0 Å². The van der Waals surface area contributed by atoms with Crippen LogP contribution in [-0.4, -0.2) is 19.0 Å². The van der Waals surface area contributed by atoms with Crippen molar-refractivity contribution in [3.05, 3.63) is 15.9 Å². The minimum absolute atomic E-state index is 0.119. The number of thiophene rings is 1. The van der Waals surface area contributed by atoms with Gasteiger partial charge in [0, 0.05) is 22.9 Å². The molecule has 3 nitrogen and oxygen atoms in total. The molecule has 1 amide bonds. The third-order valence-electron chi connectivity index (χ3n) is 1.97. The minimum atomic E-state index is 0.119. The van der Waals surface area contributed by atoms with Crippen LogP contribution in [-0.2, 0) is 4.79 Å². The number of carbonyl (C=O) groups excluding carboxylic acids is 1. The molecule has 70 valence electrons. The van der Waals surface area contributed by atoms with E-state index in [2.05, 4.69) is 26.6 Å². The summed E-state index contributed by atoms with van der Waals surface area (Å²) in [6.07, 6.45) is 0. The van der Waals surface area contributed by atoms with Gasteiger partial charge < -0.3 is 10.6 Å². The summed E-state index contributed by atoms with van der Waals surface area (Å²) in [4.78, 5) is 11.4. The van der Waals surface area contributed by atoms with E-state index in [0.717, 1.165) is 22.6 Å². The number of anilines is 1. The fourth-order valence-electron chi connectivity index (χ4n) is 1.08. The molecular weight excluding hydrogens is 252 g/mol. The molecule has 1 aliphatic heterocycles. The first-order valence-electron chi connectivity index (χ1n) is 4.01. The van der Waals surface area contributed by atoms with Gasteiger partial charge in [-0.15, -0.1) is 11.3 Å². The first-order chi connectivity index (χ1) is 6.25. The highest BCUT2D eigenvalue weighted by Crippen LogP contribution is 2.25. The van der Waals surface area contributed by atoms with E-state index in [9.17, 15) is 4.79 Å². The quantitative estimate of drug-likeness (QED) is 0.850. The normalized spacial score (nSPS) is 16.7. The summed E-state index contributed by atoms with van der Waals surface area (Å²) in [6, 6.07) is 1.91. The Labute approximate surface area is 88.7 Å². The highest BCUT2D eigenvalue weighted by molar-refractivity contribution is 9.10. The second kappa shape index (κ2) is 3.77. The zero-order valence-electron chi connectivity index (χ0n) is 6.84. The molecule has 1 aromatic rings. The lowest BCUT2D eigenvalue weighted by molar-refractivity contribution is -0.121. The monoisotopic (exact) mass is 260 g/mol. The molecule has 0 bridgehead atoms. The Kier molecular flexibility index (Phi) is 2.66. The lowest BCUT2D eigenvalue weighted by Gasteiger charge is -2.25. The number of amides is 1. The SMILES string of the molecule is O=C(Nc1cc(Br)cs1)C1CNC1. The molecule has 13 heavy (non-hydrogen) atoms. The van der Waals surface area contributed by atoms with Crippen molar-refractivity contribution < 1.29 is 4.79 Å². The summed E-state index contributed by atoms with van der Waals surface area (Å²) in [7, 11) is 0. The highest BCUT2D eigenvalue weighted by atomic mass is 79.9. The molecule has 2 rings (SSSR count). The van der Waals surface area contributed by atoms with Gasteiger partial charge in [-0.05, 0) is 22.0 Å². The highest BCUT2D eigenvalue weighted by Gasteiger charge is 2.24. The summed E-state index contributed by atoms with van der Waals surface area (Å²) in [5.74, 6) is 0.272. The Balaban J connectivity index is 1.93. The molecule has 1 saturated heterocycles. The Morgan fingerprint density at radius 1 is 1.69 bits per heavy atom. The third kappa shape index (κ3) is 2.10. The Morgan fingerprint density at radius 3 is 2.92 bits per heavy atom. The summed E-state index contributed by atoms with van der Waals surface area (Å²) in [5.41, 5.74) is 0. The average molecular weight is 261 g/mol. The Morgan fingerprint density at radius 2 is 2.46 bits per heavy atom. The zero-order valence-corrected chi connectivity index (χ0v) is 9.24. The van der Waals surface area contributed by atoms with Crippen molar-refractivity contribution in [3.8, 4) is 0 Å². The fraction of sp³-hybridized carbons (Fsp3) is 0.375. The first kappa shape index (κ1) is 9.18. The zero-order chi connectivity index (χ0) is 9.26. The third-order valence-corrected chi connectivity index (χ3v) is 3.57. The number of hydrogen-bond donors (Lipinski definition) is 2. The number of carbonyl (C=O) groups is 1. The largest absolute Gasteiger partial charge is 0.317 e. The van der Waals surface area contributed by atoms with Crippen LogP contribution in [0.3, 0.4) is 0 Å². The molecule has 0 radical (unpaired) electrons. The number of nitrogens with one attached hydrogen (secondary N) is 2. The molecule has 0 atom stereocenters. The van der Waals surface area contributed by atoms with Gasteiger partial charge in [0.15, 0.2) is 0 Å². The van der Waals surface area contributed by atoms with E-state index in [1.165, 1.54) is 11.3 Å². The van der Waals surface area contributed by atoms with Crippen molar-refractivity contribution >= 4 is 38.2 Å². The van der Waals surface area contributed by atoms with Gasteiger partial charge >= 0.3 is 0 Å². The fourth-order valence-corrected chi connectivity index (χ4v) is 2.40. The molecule has 1 fully saturated rings. The van der Waals surface area contributed by atoms with Crippen LogP contribution in [0.1, 0.15) is 0 Å². The van der Waals surface area contributed by atoms with E-state index in [4.69, 9.17) is 0 Å². The lowest BCUT2D eigenvalue weighted by Crippen LogP contribution is -2.48. The molecule has 0 aromatic carbocycles. The second-order valence-corrected chi connectivity index (χ2v) is 4.80. The lowest BCUT2D eigenvalue weighted by atomic mass is 10.0. The predicted molar refractivity (Wildman–Crippen MR) is 57.0 cm³/mol.